The number of hydrogen-bond donors (Lipinski definition) is 0. The normalized spacial score (nSPS) is 13.1. The second-order valence-corrected chi connectivity index (χ2v) is 20.2. The number of carboxylic acid groups (broad SMARTS) is 1. The van der Waals surface area contributed by atoms with Gasteiger partial charge in [0.05, 0.1) is 40.3 Å². The van der Waals surface area contributed by atoms with E-state index in [4.69, 9.17) is 18.9 Å². The average molecular weight is 959 g/mol. The van der Waals surface area contributed by atoms with Crippen molar-refractivity contribution in [1.82, 2.24) is 0 Å². The summed E-state index contributed by atoms with van der Waals surface area (Å²) in [4.78, 5) is 37.2. The van der Waals surface area contributed by atoms with Gasteiger partial charge in [-0.2, -0.15) is 0 Å². The first-order valence-corrected chi connectivity index (χ1v) is 28.3. The lowest BCUT2D eigenvalue weighted by atomic mass is 10.0. The highest BCUT2D eigenvalue weighted by Gasteiger charge is 2.22. The van der Waals surface area contributed by atoms with Crippen molar-refractivity contribution in [3.05, 3.63) is 48.6 Å². The zero-order valence-electron chi connectivity index (χ0n) is 45.0. The van der Waals surface area contributed by atoms with Crippen molar-refractivity contribution in [2.75, 3.05) is 47.5 Å². The number of nitrogens with zero attached hydrogens (tertiary/aromatic N) is 1. The van der Waals surface area contributed by atoms with E-state index in [1.165, 1.54) is 154 Å². The molecule has 0 radical (unpaired) electrons. The van der Waals surface area contributed by atoms with E-state index in [-0.39, 0.29) is 38.6 Å². The van der Waals surface area contributed by atoms with Crippen molar-refractivity contribution >= 4 is 17.9 Å². The summed E-state index contributed by atoms with van der Waals surface area (Å²) in [6.07, 6.45) is 58.6. The molecule has 9 heteroatoms. The summed E-state index contributed by atoms with van der Waals surface area (Å²) in [5.41, 5.74) is 0. The fraction of sp³-hybridized carbons (Fsp3) is 0.814. The predicted octanol–water partition coefficient (Wildman–Crippen LogP) is 15.0. The molecule has 0 saturated heterocycles. The first kappa shape index (κ1) is 65.2. The Morgan fingerprint density at radius 3 is 1.18 bits per heavy atom. The van der Waals surface area contributed by atoms with Crippen molar-refractivity contribution in [1.29, 1.82) is 0 Å². The number of esters is 2. The molecule has 0 aliphatic rings. The van der Waals surface area contributed by atoms with E-state index in [9.17, 15) is 19.5 Å². The van der Waals surface area contributed by atoms with Crippen molar-refractivity contribution in [3.63, 3.8) is 0 Å². The summed E-state index contributed by atoms with van der Waals surface area (Å²) in [5, 5.41) is 11.8. The summed E-state index contributed by atoms with van der Waals surface area (Å²) in [6.45, 7) is 4.73. The number of carbonyl (C=O) groups is 3. The Labute approximate surface area is 419 Å². The monoisotopic (exact) mass is 958 g/mol. The minimum Gasteiger partial charge on any atom is -0.545 e. The summed E-state index contributed by atoms with van der Waals surface area (Å²) in [7, 11) is 5.92. The summed E-state index contributed by atoms with van der Waals surface area (Å²) in [6, 6.07) is 0. The molecule has 2 atom stereocenters. The molecular formula is C59H107NO8. The Hall–Kier alpha value is -2.75. The lowest BCUT2D eigenvalue weighted by Gasteiger charge is -2.26. The number of carbonyl (C=O) groups excluding carboxylic acids is 3. The number of quaternary nitrogens is 1. The molecule has 0 amide bonds. The molecule has 0 aromatic rings. The molecule has 0 aromatic heterocycles. The lowest BCUT2D eigenvalue weighted by Crippen LogP contribution is -2.44. The van der Waals surface area contributed by atoms with Gasteiger partial charge in [0.15, 0.2) is 12.4 Å². The van der Waals surface area contributed by atoms with Crippen molar-refractivity contribution in [2.45, 2.75) is 264 Å². The van der Waals surface area contributed by atoms with E-state index in [0.29, 0.717) is 17.4 Å². The summed E-state index contributed by atoms with van der Waals surface area (Å²) >= 11 is 0. The largest absolute Gasteiger partial charge is 0.545 e. The number of rotatable bonds is 52. The number of carboxylic acids is 1. The standard InChI is InChI=1S/C59H107NO8/c1-6-8-10-12-14-16-18-20-22-24-26-27-28-29-30-31-32-34-36-38-40-42-44-46-48-50-57(62)68-55(54-67-59(58(63)64)65-52-51-60(3,4)5)53-66-56(61)49-47-45-43-41-39-37-35-33-25-23-21-19-17-15-13-11-9-7-2/h17-20,23-26,55,59H,6-16,21-22,27-54H2,1-5H3/b19-17-,20-18-,25-23-,26-24-. The molecule has 0 fully saturated rings. The summed E-state index contributed by atoms with van der Waals surface area (Å²) in [5.74, 6) is -2.29. The predicted molar refractivity (Wildman–Crippen MR) is 283 cm³/mol. The van der Waals surface area contributed by atoms with Gasteiger partial charge in [-0.05, 0) is 77.0 Å². The van der Waals surface area contributed by atoms with Gasteiger partial charge >= 0.3 is 11.9 Å². The SMILES string of the molecule is CCCCCC/C=C\C/C=C\CCCCCCCCCC(=O)OCC(COC(OCC[N+](C)(C)C)C(=O)[O-])OC(=O)CCCCCCCCCCCCCCC/C=C\C/C=C\CCCCCCC. The molecule has 0 N–H and O–H groups in total. The first-order valence-electron chi connectivity index (χ1n) is 28.3. The van der Waals surface area contributed by atoms with Crippen molar-refractivity contribution in [2.24, 2.45) is 0 Å². The van der Waals surface area contributed by atoms with Gasteiger partial charge in [0.1, 0.15) is 13.2 Å². The Bertz CT molecular complexity index is 1250. The number of unbranched alkanes of at least 4 members (excludes halogenated alkanes) is 29. The van der Waals surface area contributed by atoms with Gasteiger partial charge in [-0.1, -0.05) is 210 Å². The third-order valence-electron chi connectivity index (χ3n) is 12.3. The van der Waals surface area contributed by atoms with Crippen LogP contribution in [0.5, 0.6) is 0 Å². The van der Waals surface area contributed by atoms with Crippen LogP contribution in [0.4, 0.5) is 0 Å². The van der Waals surface area contributed by atoms with Gasteiger partial charge < -0.3 is 33.3 Å². The number of hydrogen-bond acceptors (Lipinski definition) is 8. The van der Waals surface area contributed by atoms with Crippen LogP contribution in [0, 0.1) is 0 Å². The molecule has 396 valence electrons. The highest BCUT2D eigenvalue weighted by molar-refractivity contribution is 5.70. The number of allylic oxidation sites excluding steroid dienone is 8. The zero-order valence-corrected chi connectivity index (χ0v) is 45.0. The maximum Gasteiger partial charge on any atom is 0.306 e. The highest BCUT2D eigenvalue weighted by Crippen LogP contribution is 2.16. The van der Waals surface area contributed by atoms with E-state index in [1.54, 1.807) is 0 Å². The lowest BCUT2D eigenvalue weighted by molar-refractivity contribution is -0.870. The molecular weight excluding hydrogens is 851 g/mol. The minimum absolute atomic E-state index is 0.146. The van der Waals surface area contributed by atoms with E-state index >= 15 is 0 Å². The molecule has 0 saturated carbocycles. The second-order valence-electron chi connectivity index (χ2n) is 20.2. The zero-order chi connectivity index (χ0) is 49.9. The molecule has 0 rings (SSSR count). The van der Waals surface area contributed by atoms with Gasteiger partial charge in [0.2, 0.25) is 0 Å². The molecule has 9 nitrogen and oxygen atoms in total. The molecule has 2 unspecified atom stereocenters. The van der Waals surface area contributed by atoms with Gasteiger partial charge in [0, 0.05) is 12.8 Å². The van der Waals surface area contributed by atoms with E-state index in [0.717, 1.165) is 64.2 Å². The van der Waals surface area contributed by atoms with Crippen LogP contribution >= 0.6 is 0 Å². The molecule has 0 aliphatic carbocycles. The van der Waals surface area contributed by atoms with Crippen LogP contribution in [-0.4, -0.2) is 82.3 Å². The van der Waals surface area contributed by atoms with Crippen LogP contribution in [0.25, 0.3) is 0 Å². The Balaban J connectivity index is 4.26. The smallest absolute Gasteiger partial charge is 0.306 e. The van der Waals surface area contributed by atoms with Crippen molar-refractivity contribution in [3.8, 4) is 0 Å². The fourth-order valence-electron chi connectivity index (χ4n) is 7.89. The highest BCUT2D eigenvalue weighted by atomic mass is 16.7. The maximum atomic E-state index is 12.9. The third-order valence-corrected chi connectivity index (χ3v) is 12.3. The van der Waals surface area contributed by atoms with Gasteiger partial charge in [-0.3, -0.25) is 9.59 Å². The number of likely N-dealkylation sites (N-methyl/N-ethyl adjacent to an activating group) is 1. The maximum absolute atomic E-state index is 12.9. The van der Waals surface area contributed by atoms with E-state index in [1.807, 2.05) is 21.1 Å². The minimum atomic E-state index is -1.62. The summed E-state index contributed by atoms with van der Waals surface area (Å²) < 4.78 is 22.7. The van der Waals surface area contributed by atoms with Gasteiger partial charge in [0.25, 0.3) is 0 Å². The van der Waals surface area contributed by atoms with Gasteiger partial charge in [-0.25, -0.2) is 0 Å². The number of aliphatic carboxylic acids is 1. The number of ether oxygens (including phenoxy) is 4. The van der Waals surface area contributed by atoms with Crippen molar-refractivity contribution < 1.29 is 42.9 Å². The van der Waals surface area contributed by atoms with Gasteiger partial charge in [-0.15, -0.1) is 0 Å². The molecule has 0 heterocycles. The Morgan fingerprint density at radius 2 is 0.794 bits per heavy atom. The molecule has 0 spiro atoms. The topological polar surface area (TPSA) is 111 Å². The van der Waals surface area contributed by atoms with E-state index < -0.39 is 24.3 Å². The Kier molecular flexibility index (Phi) is 48.6. The first-order chi connectivity index (χ1) is 33.1. The molecule has 0 aliphatic heterocycles. The molecule has 0 aromatic carbocycles. The second kappa shape index (κ2) is 50.6. The van der Waals surface area contributed by atoms with Crippen LogP contribution in [0.1, 0.15) is 251 Å². The van der Waals surface area contributed by atoms with Crippen LogP contribution < -0.4 is 5.11 Å². The molecule has 0 bridgehead atoms. The Morgan fingerprint density at radius 1 is 0.441 bits per heavy atom. The van der Waals surface area contributed by atoms with Crippen LogP contribution in [-0.2, 0) is 33.3 Å². The average Bonchev–Trinajstić information content (AvgIpc) is 3.30. The quantitative estimate of drug-likeness (QED) is 0.0195. The van der Waals surface area contributed by atoms with E-state index in [2.05, 4.69) is 62.5 Å². The van der Waals surface area contributed by atoms with Crippen LogP contribution in [0.2, 0.25) is 0 Å². The molecule has 68 heavy (non-hydrogen) atoms. The fourth-order valence-corrected chi connectivity index (χ4v) is 7.89. The third kappa shape index (κ3) is 51.1. The van der Waals surface area contributed by atoms with Crippen LogP contribution in [0.3, 0.4) is 0 Å². The van der Waals surface area contributed by atoms with Crippen LogP contribution in [0.15, 0.2) is 48.6 Å².